The van der Waals surface area contributed by atoms with E-state index in [4.69, 9.17) is 0 Å². The highest BCUT2D eigenvalue weighted by atomic mass is 79.9. The first-order valence-corrected chi connectivity index (χ1v) is 5.18. The Balaban J connectivity index is 2.72. The fraction of sp³-hybridized carbons (Fsp3) is 0.200. The molecule has 0 saturated heterocycles. The van der Waals surface area contributed by atoms with Gasteiger partial charge in [-0.05, 0) is 41.1 Å². The van der Waals surface area contributed by atoms with Gasteiger partial charge in [0.15, 0.2) is 4.73 Å². The second-order valence-corrected chi connectivity index (χ2v) is 4.02. The maximum atomic E-state index is 12.5. The number of aryl methyl sites for hydroxylation is 1. The first-order valence-electron chi connectivity index (χ1n) is 4.39. The molecule has 0 aliphatic carbocycles. The van der Waals surface area contributed by atoms with E-state index in [9.17, 15) is 13.2 Å². The van der Waals surface area contributed by atoms with Gasteiger partial charge in [-0.25, -0.2) is 9.97 Å². The lowest BCUT2D eigenvalue weighted by atomic mass is 10.1. The number of hydrogen-bond donors (Lipinski definition) is 0. The van der Waals surface area contributed by atoms with Crippen molar-refractivity contribution in [3.8, 4) is 0 Å². The van der Waals surface area contributed by atoms with Gasteiger partial charge in [0.1, 0.15) is 0 Å². The summed E-state index contributed by atoms with van der Waals surface area (Å²) in [6, 6.07) is 3.43. The molecule has 0 unspecified atom stereocenters. The van der Waals surface area contributed by atoms with Gasteiger partial charge in [-0.1, -0.05) is 0 Å². The lowest BCUT2D eigenvalue weighted by Gasteiger charge is -2.08. The highest BCUT2D eigenvalue weighted by molar-refractivity contribution is 9.10. The highest BCUT2D eigenvalue weighted by Gasteiger charge is 2.30. The number of fused-ring (bicyclic) bond motifs is 1. The van der Waals surface area contributed by atoms with Crippen molar-refractivity contribution < 1.29 is 13.2 Å². The number of nitrogens with zero attached hydrogens (tertiary/aromatic N) is 2. The van der Waals surface area contributed by atoms with Gasteiger partial charge in [0, 0.05) is 11.1 Å². The van der Waals surface area contributed by atoms with Gasteiger partial charge in [-0.15, -0.1) is 0 Å². The topological polar surface area (TPSA) is 25.8 Å². The van der Waals surface area contributed by atoms with Crippen LogP contribution in [0, 0.1) is 6.92 Å². The van der Waals surface area contributed by atoms with E-state index in [0.29, 0.717) is 21.3 Å². The van der Waals surface area contributed by atoms with Gasteiger partial charge in [-0.3, -0.25) is 0 Å². The summed E-state index contributed by atoms with van der Waals surface area (Å²) >= 11 is 3.10. The van der Waals surface area contributed by atoms with Gasteiger partial charge in [0.05, 0.1) is 11.1 Å². The standard InChI is InChI=1S/C10H6BrF3N2/c1-5-7-4-6(10(12,13)14)2-3-8(7)16-9(11)15-5/h2-4H,1H3. The lowest BCUT2D eigenvalue weighted by molar-refractivity contribution is -0.137. The molecular formula is C10H6BrF3N2. The zero-order chi connectivity index (χ0) is 11.9. The molecule has 0 aliphatic rings. The minimum atomic E-state index is -4.34. The van der Waals surface area contributed by atoms with E-state index in [1.165, 1.54) is 6.07 Å². The van der Waals surface area contributed by atoms with Crippen LogP contribution in [0.1, 0.15) is 11.3 Å². The molecule has 0 atom stereocenters. The third-order valence-corrected chi connectivity index (χ3v) is 2.54. The maximum absolute atomic E-state index is 12.5. The molecule has 0 aliphatic heterocycles. The van der Waals surface area contributed by atoms with Crippen LogP contribution >= 0.6 is 15.9 Å². The molecule has 0 bridgehead atoms. The number of alkyl halides is 3. The molecule has 16 heavy (non-hydrogen) atoms. The van der Waals surface area contributed by atoms with Crippen LogP contribution in [0.4, 0.5) is 13.2 Å². The summed E-state index contributed by atoms with van der Waals surface area (Å²) in [7, 11) is 0. The number of benzene rings is 1. The average molecular weight is 291 g/mol. The summed E-state index contributed by atoms with van der Waals surface area (Å²) in [4.78, 5) is 7.96. The van der Waals surface area contributed by atoms with Crippen LogP contribution in [0.5, 0.6) is 0 Å². The van der Waals surface area contributed by atoms with Crippen molar-refractivity contribution in [1.29, 1.82) is 0 Å². The van der Waals surface area contributed by atoms with Crippen LogP contribution < -0.4 is 0 Å². The van der Waals surface area contributed by atoms with E-state index in [0.717, 1.165) is 12.1 Å². The Morgan fingerprint density at radius 3 is 2.50 bits per heavy atom. The zero-order valence-electron chi connectivity index (χ0n) is 8.14. The fourth-order valence-corrected chi connectivity index (χ4v) is 1.88. The Bertz CT molecular complexity index is 551. The van der Waals surface area contributed by atoms with Gasteiger partial charge in [0.2, 0.25) is 0 Å². The first kappa shape index (κ1) is 11.3. The summed E-state index contributed by atoms with van der Waals surface area (Å²) in [5.74, 6) is 0. The molecule has 1 aromatic heterocycles. The Labute approximate surface area is 97.6 Å². The molecule has 2 rings (SSSR count). The second kappa shape index (κ2) is 3.69. The van der Waals surface area contributed by atoms with E-state index < -0.39 is 11.7 Å². The molecule has 84 valence electrons. The molecule has 6 heteroatoms. The zero-order valence-corrected chi connectivity index (χ0v) is 9.72. The van der Waals surface area contributed by atoms with Crippen LogP contribution in [-0.2, 0) is 6.18 Å². The number of hydrogen-bond acceptors (Lipinski definition) is 2. The Kier molecular flexibility index (Phi) is 2.61. The molecule has 0 saturated carbocycles. The van der Waals surface area contributed by atoms with Crippen LogP contribution in [0.15, 0.2) is 22.9 Å². The van der Waals surface area contributed by atoms with E-state index in [2.05, 4.69) is 25.9 Å². The monoisotopic (exact) mass is 290 g/mol. The molecule has 1 aromatic carbocycles. The summed E-state index contributed by atoms with van der Waals surface area (Å²) in [5.41, 5.74) is 0.323. The van der Waals surface area contributed by atoms with Crippen molar-refractivity contribution in [1.82, 2.24) is 9.97 Å². The Hall–Kier alpha value is -1.17. The Morgan fingerprint density at radius 2 is 1.88 bits per heavy atom. The number of aromatic nitrogens is 2. The smallest absolute Gasteiger partial charge is 0.227 e. The molecule has 0 radical (unpaired) electrons. The van der Waals surface area contributed by atoms with Crippen molar-refractivity contribution in [3.05, 3.63) is 34.2 Å². The predicted octanol–water partition coefficient (Wildman–Crippen LogP) is 3.72. The molecule has 0 N–H and O–H groups in total. The molecule has 0 amide bonds. The Morgan fingerprint density at radius 1 is 1.19 bits per heavy atom. The summed E-state index contributed by atoms with van der Waals surface area (Å²) in [6.45, 7) is 1.65. The number of rotatable bonds is 0. The molecule has 0 fully saturated rings. The van der Waals surface area contributed by atoms with Gasteiger partial charge in [-0.2, -0.15) is 13.2 Å². The molecule has 2 nitrogen and oxygen atoms in total. The van der Waals surface area contributed by atoms with E-state index in [1.807, 2.05) is 0 Å². The molecular weight excluding hydrogens is 285 g/mol. The van der Waals surface area contributed by atoms with Crippen LogP contribution in [0.3, 0.4) is 0 Å². The van der Waals surface area contributed by atoms with Gasteiger partial charge >= 0.3 is 6.18 Å². The first-order chi connectivity index (χ1) is 7.38. The minimum absolute atomic E-state index is 0.372. The normalized spacial score (nSPS) is 12.1. The van der Waals surface area contributed by atoms with Crippen molar-refractivity contribution in [2.24, 2.45) is 0 Å². The van der Waals surface area contributed by atoms with Crippen molar-refractivity contribution in [2.45, 2.75) is 13.1 Å². The van der Waals surface area contributed by atoms with Crippen LogP contribution in [0.2, 0.25) is 0 Å². The predicted molar refractivity (Wildman–Crippen MR) is 57.0 cm³/mol. The van der Waals surface area contributed by atoms with Crippen LogP contribution in [-0.4, -0.2) is 9.97 Å². The fourth-order valence-electron chi connectivity index (χ4n) is 1.42. The van der Waals surface area contributed by atoms with E-state index >= 15 is 0 Å². The summed E-state index contributed by atoms with van der Waals surface area (Å²) < 4.78 is 37.8. The minimum Gasteiger partial charge on any atom is -0.227 e. The third-order valence-electron chi connectivity index (χ3n) is 2.19. The lowest BCUT2D eigenvalue weighted by Crippen LogP contribution is -2.05. The van der Waals surface area contributed by atoms with Crippen LogP contribution in [0.25, 0.3) is 10.9 Å². The van der Waals surface area contributed by atoms with E-state index in [1.54, 1.807) is 6.92 Å². The summed E-state index contributed by atoms with van der Waals surface area (Å²) in [5, 5.41) is 0.415. The third kappa shape index (κ3) is 2.02. The largest absolute Gasteiger partial charge is 0.416 e. The SMILES string of the molecule is Cc1nc(Br)nc2ccc(C(F)(F)F)cc12. The number of halogens is 4. The van der Waals surface area contributed by atoms with Crippen molar-refractivity contribution in [2.75, 3.05) is 0 Å². The second-order valence-electron chi connectivity index (χ2n) is 3.31. The summed E-state index contributed by atoms with van der Waals surface area (Å²) in [6.07, 6.45) is -4.34. The molecule has 0 spiro atoms. The van der Waals surface area contributed by atoms with Gasteiger partial charge < -0.3 is 0 Å². The van der Waals surface area contributed by atoms with Gasteiger partial charge in [0.25, 0.3) is 0 Å². The van der Waals surface area contributed by atoms with E-state index in [-0.39, 0.29) is 0 Å². The highest BCUT2D eigenvalue weighted by Crippen LogP contribution is 2.31. The molecule has 2 aromatic rings. The average Bonchev–Trinajstić information content (AvgIpc) is 2.15. The quantitative estimate of drug-likeness (QED) is 0.691. The molecule has 1 heterocycles. The van der Waals surface area contributed by atoms with Crippen molar-refractivity contribution in [3.63, 3.8) is 0 Å². The maximum Gasteiger partial charge on any atom is 0.416 e. The van der Waals surface area contributed by atoms with Crippen molar-refractivity contribution >= 4 is 26.8 Å².